The first kappa shape index (κ1) is 16.5. The van der Waals surface area contributed by atoms with Crippen LogP contribution in [0, 0.1) is 5.41 Å². The summed E-state index contributed by atoms with van der Waals surface area (Å²) < 4.78 is 0. The fourth-order valence-corrected chi connectivity index (χ4v) is 2.35. The van der Waals surface area contributed by atoms with Gasteiger partial charge in [-0.2, -0.15) is 0 Å². The monoisotopic (exact) mass is 276 g/mol. The molecule has 0 saturated heterocycles. The standard InChI is InChI=1S/C16H28N4/c1-4-19(5-2)12-7-13-20(6-3)15-10-8-14(9-11-15)16(17)18/h8-11H,4-7,12-13H2,1-3H3,(H3,17,18). The number of nitrogen functional groups attached to an aromatic ring is 1. The molecule has 1 aromatic carbocycles. The molecule has 0 aliphatic carbocycles. The van der Waals surface area contributed by atoms with E-state index in [-0.39, 0.29) is 5.84 Å². The van der Waals surface area contributed by atoms with E-state index >= 15 is 0 Å². The minimum Gasteiger partial charge on any atom is -0.384 e. The van der Waals surface area contributed by atoms with Crippen molar-refractivity contribution in [2.75, 3.05) is 37.6 Å². The zero-order valence-corrected chi connectivity index (χ0v) is 13.0. The quantitative estimate of drug-likeness (QED) is 0.538. The third kappa shape index (κ3) is 4.85. The van der Waals surface area contributed by atoms with Crippen molar-refractivity contribution in [3.63, 3.8) is 0 Å². The summed E-state index contributed by atoms with van der Waals surface area (Å²) in [4.78, 5) is 4.82. The van der Waals surface area contributed by atoms with Gasteiger partial charge in [0.05, 0.1) is 0 Å². The summed E-state index contributed by atoms with van der Waals surface area (Å²) in [5, 5.41) is 7.42. The number of hydrogen-bond donors (Lipinski definition) is 2. The van der Waals surface area contributed by atoms with Gasteiger partial charge in [-0.25, -0.2) is 0 Å². The van der Waals surface area contributed by atoms with Crippen molar-refractivity contribution in [3.05, 3.63) is 29.8 Å². The van der Waals surface area contributed by atoms with Gasteiger partial charge in [-0.1, -0.05) is 13.8 Å². The number of anilines is 1. The maximum absolute atomic E-state index is 7.42. The lowest BCUT2D eigenvalue weighted by atomic mass is 10.1. The molecule has 0 spiro atoms. The highest BCUT2D eigenvalue weighted by Gasteiger charge is 2.06. The lowest BCUT2D eigenvalue weighted by Gasteiger charge is -2.25. The molecule has 4 nitrogen and oxygen atoms in total. The average molecular weight is 276 g/mol. The smallest absolute Gasteiger partial charge is 0.122 e. The van der Waals surface area contributed by atoms with Crippen molar-refractivity contribution >= 4 is 11.5 Å². The van der Waals surface area contributed by atoms with Gasteiger partial charge in [0, 0.05) is 24.3 Å². The highest BCUT2D eigenvalue weighted by atomic mass is 15.1. The highest BCUT2D eigenvalue weighted by molar-refractivity contribution is 5.95. The fraction of sp³-hybridized carbons (Fsp3) is 0.562. The first-order valence-electron chi connectivity index (χ1n) is 7.54. The molecule has 20 heavy (non-hydrogen) atoms. The van der Waals surface area contributed by atoms with Gasteiger partial charge in [0.15, 0.2) is 0 Å². The Bertz CT molecular complexity index is 395. The summed E-state index contributed by atoms with van der Waals surface area (Å²) in [5.41, 5.74) is 7.47. The molecule has 0 atom stereocenters. The Balaban J connectivity index is 2.55. The van der Waals surface area contributed by atoms with Gasteiger partial charge < -0.3 is 15.5 Å². The highest BCUT2D eigenvalue weighted by Crippen LogP contribution is 2.15. The molecule has 0 fully saturated rings. The van der Waals surface area contributed by atoms with E-state index in [0.717, 1.165) is 38.3 Å². The van der Waals surface area contributed by atoms with Crippen LogP contribution in [-0.2, 0) is 0 Å². The Labute approximate surface area is 123 Å². The number of nitrogens with zero attached hydrogens (tertiary/aromatic N) is 2. The first-order valence-corrected chi connectivity index (χ1v) is 7.54. The van der Waals surface area contributed by atoms with Crippen LogP contribution in [0.15, 0.2) is 24.3 Å². The molecule has 1 aromatic rings. The number of rotatable bonds is 9. The topological polar surface area (TPSA) is 56.4 Å². The molecular formula is C16H28N4. The number of hydrogen-bond acceptors (Lipinski definition) is 3. The lowest BCUT2D eigenvalue weighted by Crippen LogP contribution is -2.30. The predicted octanol–water partition coefficient (Wildman–Crippen LogP) is 2.53. The minimum atomic E-state index is 0.126. The normalized spacial score (nSPS) is 10.8. The summed E-state index contributed by atoms with van der Waals surface area (Å²) in [6.07, 6.45) is 1.17. The van der Waals surface area contributed by atoms with E-state index in [0.29, 0.717) is 0 Å². The lowest BCUT2D eigenvalue weighted by molar-refractivity contribution is 0.301. The molecule has 0 amide bonds. The number of nitrogens with one attached hydrogen (secondary N) is 1. The maximum atomic E-state index is 7.42. The van der Waals surface area contributed by atoms with Crippen LogP contribution in [0.25, 0.3) is 0 Å². The van der Waals surface area contributed by atoms with Crippen LogP contribution in [0.1, 0.15) is 32.8 Å². The van der Waals surface area contributed by atoms with E-state index in [9.17, 15) is 0 Å². The number of nitrogens with two attached hydrogens (primary N) is 1. The van der Waals surface area contributed by atoms with E-state index in [1.54, 1.807) is 0 Å². The Morgan fingerprint density at radius 2 is 1.60 bits per heavy atom. The van der Waals surface area contributed by atoms with Crippen LogP contribution in [0.3, 0.4) is 0 Å². The summed E-state index contributed by atoms with van der Waals surface area (Å²) in [6.45, 7) is 12.0. The molecule has 3 N–H and O–H groups in total. The van der Waals surface area contributed by atoms with Crippen LogP contribution in [0.5, 0.6) is 0 Å². The van der Waals surface area contributed by atoms with Crippen molar-refractivity contribution < 1.29 is 0 Å². The molecule has 0 aromatic heterocycles. The third-order valence-electron chi connectivity index (χ3n) is 3.72. The summed E-state index contributed by atoms with van der Waals surface area (Å²) in [5.74, 6) is 0.126. The minimum absolute atomic E-state index is 0.126. The van der Waals surface area contributed by atoms with E-state index in [1.165, 1.54) is 12.1 Å². The van der Waals surface area contributed by atoms with Gasteiger partial charge in [0.2, 0.25) is 0 Å². The molecule has 4 heteroatoms. The Kier molecular flexibility index (Phi) is 7.09. The van der Waals surface area contributed by atoms with Gasteiger partial charge in [-0.3, -0.25) is 5.41 Å². The van der Waals surface area contributed by atoms with Gasteiger partial charge in [0.25, 0.3) is 0 Å². The van der Waals surface area contributed by atoms with E-state index in [4.69, 9.17) is 11.1 Å². The van der Waals surface area contributed by atoms with E-state index in [2.05, 4.69) is 42.7 Å². The SMILES string of the molecule is CCN(CC)CCCN(CC)c1ccc(C(=N)N)cc1. The zero-order chi connectivity index (χ0) is 15.0. The largest absolute Gasteiger partial charge is 0.384 e. The Morgan fingerprint density at radius 3 is 2.05 bits per heavy atom. The van der Waals surface area contributed by atoms with Crippen LogP contribution in [0.2, 0.25) is 0 Å². The molecule has 0 bridgehead atoms. The molecule has 0 heterocycles. The number of amidine groups is 1. The zero-order valence-electron chi connectivity index (χ0n) is 13.0. The number of benzene rings is 1. The van der Waals surface area contributed by atoms with E-state index < -0.39 is 0 Å². The fourth-order valence-electron chi connectivity index (χ4n) is 2.35. The summed E-state index contributed by atoms with van der Waals surface area (Å²) in [7, 11) is 0. The molecule has 0 unspecified atom stereocenters. The molecule has 0 aliphatic rings. The molecular weight excluding hydrogens is 248 g/mol. The van der Waals surface area contributed by atoms with Crippen molar-refractivity contribution in [3.8, 4) is 0 Å². The second-order valence-electron chi connectivity index (χ2n) is 4.92. The summed E-state index contributed by atoms with van der Waals surface area (Å²) >= 11 is 0. The molecule has 0 radical (unpaired) electrons. The van der Waals surface area contributed by atoms with Crippen molar-refractivity contribution in [2.45, 2.75) is 27.2 Å². The molecule has 0 aliphatic heterocycles. The third-order valence-corrected chi connectivity index (χ3v) is 3.72. The van der Waals surface area contributed by atoms with Crippen molar-refractivity contribution in [1.29, 1.82) is 5.41 Å². The maximum Gasteiger partial charge on any atom is 0.122 e. The van der Waals surface area contributed by atoms with Gasteiger partial charge in [-0.15, -0.1) is 0 Å². The average Bonchev–Trinajstić information content (AvgIpc) is 2.48. The van der Waals surface area contributed by atoms with E-state index in [1.807, 2.05) is 12.1 Å². The van der Waals surface area contributed by atoms with Crippen LogP contribution < -0.4 is 10.6 Å². The molecule has 112 valence electrons. The predicted molar refractivity (Wildman–Crippen MR) is 87.8 cm³/mol. The second kappa shape index (κ2) is 8.59. The van der Waals surface area contributed by atoms with Crippen molar-refractivity contribution in [1.82, 2.24) is 4.90 Å². The van der Waals surface area contributed by atoms with Gasteiger partial charge >= 0.3 is 0 Å². The first-order chi connectivity index (χ1) is 9.62. The Morgan fingerprint density at radius 1 is 1.00 bits per heavy atom. The van der Waals surface area contributed by atoms with Gasteiger partial charge in [-0.05, 0) is 57.2 Å². The van der Waals surface area contributed by atoms with Crippen LogP contribution in [0.4, 0.5) is 5.69 Å². The molecule has 1 rings (SSSR count). The summed E-state index contributed by atoms with van der Waals surface area (Å²) in [6, 6.07) is 7.95. The Hall–Kier alpha value is -1.55. The van der Waals surface area contributed by atoms with Gasteiger partial charge in [0.1, 0.15) is 5.84 Å². The van der Waals surface area contributed by atoms with Crippen LogP contribution >= 0.6 is 0 Å². The second-order valence-corrected chi connectivity index (χ2v) is 4.92. The molecule has 0 saturated carbocycles. The van der Waals surface area contributed by atoms with Crippen molar-refractivity contribution in [2.24, 2.45) is 5.73 Å². The van der Waals surface area contributed by atoms with Crippen LogP contribution in [-0.4, -0.2) is 43.5 Å².